The van der Waals surface area contributed by atoms with E-state index in [4.69, 9.17) is 0 Å². The van der Waals surface area contributed by atoms with Crippen LogP contribution in [0.5, 0.6) is 0 Å². The molecule has 17 heavy (non-hydrogen) atoms. The Kier molecular flexibility index (Phi) is 4.21. The van der Waals surface area contributed by atoms with Crippen molar-refractivity contribution < 1.29 is 0 Å². The van der Waals surface area contributed by atoms with Crippen molar-refractivity contribution in [1.29, 1.82) is 0 Å². The summed E-state index contributed by atoms with van der Waals surface area (Å²) >= 11 is 0. The predicted molar refractivity (Wildman–Crippen MR) is 71.0 cm³/mol. The molecule has 96 valence electrons. The van der Waals surface area contributed by atoms with E-state index in [1.165, 1.54) is 36.9 Å². The maximum absolute atomic E-state index is 4.55. The van der Waals surface area contributed by atoms with Gasteiger partial charge in [0.05, 0.1) is 5.69 Å². The fourth-order valence-electron chi connectivity index (χ4n) is 2.54. The molecular weight excluding hydrogens is 210 g/mol. The molecule has 1 aromatic rings. The van der Waals surface area contributed by atoms with Crippen molar-refractivity contribution in [3.05, 3.63) is 17.5 Å². The van der Waals surface area contributed by atoms with E-state index in [1.807, 2.05) is 11.7 Å². The van der Waals surface area contributed by atoms with Crippen LogP contribution in [0.1, 0.15) is 56.8 Å². The first-order valence-electron chi connectivity index (χ1n) is 7.00. The first-order valence-corrected chi connectivity index (χ1v) is 7.00. The molecule has 1 saturated carbocycles. The molecule has 0 amide bonds. The maximum atomic E-state index is 4.55. The number of hydrogen-bond donors (Lipinski definition) is 1. The summed E-state index contributed by atoms with van der Waals surface area (Å²) in [4.78, 5) is 0. The van der Waals surface area contributed by atoms with Gasteiger partial charge in [0.2, 0.25) is 0 Å². The Morgan fingerprint density at radius 2 is 2.24 bits per heavy atom. The Balaban J connectivity index is 2.05. The average molecular weight is 235 g/mol. The van der Waals surface area contributed by atoms with E-state index in [0.29, 0.717) is 6.04 Å². The molecule has 2 rings (SSSR count). The van der Waals surface area contributed by atoms with Crippen molar-refractivity contribution in [2.75, 3.05) is 6.54 Å². The Labute approximate surface area is 105 Å². The van der Waals surface area contributed by atoms with Crippen LogP contribution in [0.3, 0.4) is 0 Å². The Bertz CT molecular complexity index is 352. The van der Waals surface area contributed by atoms with Gasteiger partial charge in [0.15, 0.2) is 0 Å². The minimum atomic E-state index is 0.504. The van der Waals surface area contributed by atoms with Gasteiger partial charge in [0, 0.05) is 24.8 Å². The van der Waals surface area contributed by atoms with Gasteiger partial charge in [-0.25, -0.2) is 0 Å². The fraction of sp³-hybridized carbons (Fsp3) is 0.786. The third-order valence-electron chi connectivity index (χ3n) is 3.66. The molecule has 3 nitrogen and oxygen atoms in total. The summed E-state index contributed by atoms with van der Waals surface area (Å²) in [5.41, 5.74) is 2.67. The summed E-state index contributed by atoms with van der Waals surface area (Å²) in [6.07, 6.45) is 8.76. The molecule has 1 aliphatic carbocycles. The summed E-state index contributed by atoms with van der Waals surface area (Å²) in [5, 5.41) is 8.17. The average Bonchev–Trinajstić information content (AvgIpc) is 3.06. The first-order chi connectivity index (χ1) is 8.24. The number of aromatic nitrogens is 2. The summed E-state index contributed by atoms with van der Waals surface area (Å²) in [6.45, 7) is 5.41. The van der Waals surface area contributed by atoms with Crippen molar-refractivity contribution in [1.82, 2.24) is 15.1 Å². The van der Waals surface area contributed by atoms with Gasteiger partial charge >= 0.3 is 0 Å². The van der Waals surface area contributed by atoms with E-state index in [2.05, 4.69) is 30.5 Å². The highest BCUT2D eigenvalue weighted by Gasteiger charge is 2.24. The van der Waals surface area contributed by atoms with Gasteiger partial charge in [-0.05, 0) is 31.7 Å². The molecule has 1 aromatic heterocycles. The molecule has 0 aromatic carbocycles. The van der Waals surface area contributed by atoms with Crippen molar-refractivity contribution in [2.24, 2.45) is 13.0 Å². The first kappa shape index (κ1) is 12.6. The van der Waals surface area contributed by atoms with Gasteiger partial charge in [-0.3, -0.25) is 4.68 Å². The molecule has 0 aliphatic heterocycles. The van der Waals surface area contributed by atoms with Gasteiger partial charge in [-0.2, -0.15) is 5.10 Å². The zero-order valence-electron chi connectivity index (χ0n) is 11.4. The van der Waals surface area contributed by atoms with Crippen LogP contribution in [0.25, 0.3) is 0 Å². The van der Waals surface area contributed by atoms with Gasteiger partial charge < -0.3 is 5.32 Å². The lowest BCUT2D eigenvalue weighted by Crippen LogP contribution is -2.21. The van der Waals surface area contributed by atoms with Crippen LogP contribution in [-0.2, 0) is 13.5 Å². The molecule has 0 saturated heterocycles. The van der Waals surface area contributed by atoms with Crippen LogP contribution < -0.4 is 5.32 Å². The number of rotatable bonds is 7. The lowest BCUT2D eigenvalue weighted by atomic mass is 10.00. The molecule has 0 radical (unpaired) electrons. The zero-order chi connectivity index (χ0) is 12.3. The molecule has 0 spiro atoms. The Morgan fingerprint density at radius 3 is 2.82 bits per heavy atom. The largest absolute Gasteiger partial charge is 0.310 e. The topological polar surface area (TPSA) is 29.9 Å². The number of nitrogens with zero attached hydrogens (tertiary/aromatic N) is 2. The van der Waals surface area contributed by atoms with Crippen molar-refractivity contribution >= 4 is 0 Å². The van der Waals surface area contributed by atoms with Gasteiger partial charge in [0.1, 0.15) is 0 Å². The third-order valence-corrected chi connectivity index (χ3v) is 3.66. The predicted octanol–water partition coefficient (Wildman–Crippen LogP) is 2.82. The number of nitrogens with one attached hydrogen (secondary N) is 1. The second kappa shape index (κ2) is 5.67. The molecule has 1 N–H and O–H groups in total. The van der Waals surface area contributed by atoms with Crippen molar-refractivity contribution in [3.63, 3.8) is 0 Å². The molecular formula is C14H25N3. The van der Waals surface area contributed by atoms with E-state index in [9.17, 15) is 0 Å². The number of hydrogen-bond acceptors (Lipinski definition) is 2. The highest BCUT2D eigenvalue weighted by Crippen LogP contribution is 2.36. The van der Waals surface area contributed by atoms with Crippen molar-refractivity contribution in [3.8, 4) is 0 Å². The molecule has 1 unspecified atom stereocenters. The van der Waals surface area contributed by atoms with Crippen LogP contribution in [-0.4, -0.2) is 16.3 Å². The van der Waals surface area contributed by atoms with E-state index in [1.54, 1.807) is 0 Å². The smallest absolute Gasteiger partial charge is 0.0669 e. The van der Waals surface area contributed by atoms with Crippen LogP contribution >= 0.6 is 0 Å². The fourth-order valence-corrected chi connectivity index (χ4v) is 2.54. The summed E-state index contributed by atoms with van der Waals surface area (Å²) in [6, 6.07) is 0.504. The van der Waals surface area contributed by atoms with E-state index >= 15 is 0 Å². The minimum absolute atomic E-state index is 0.504. The normalized spacial score (nSPS) is 17.4. The number of aryl methyl sites for hydroxylation is 2. The van der Waals surface area contributed by atoms with Gasteiger partial charge in [-0.1, -0.05) is 26.7 Å². The van der Waals surface area contributed by atoms with Gasteiger partial charge in [-0.15, -0.1) is 0 Å². The van der Waals surface area contributed by atoms with Crippen LogP contribution in [0.4, 0.5) is 0 Å². The summed E-state index contributed by atoms with van der Waals surface area (Å²) < 4.78 is 1.95. The molecule has 1 aliphatic rings. The second-order valence-corrected chi connectivity index (χ2v) is 5.19. The van der Waals surface area contributed by atoms with E-state index in [0.717, 1.165) is 18.9 Å². The minimum Gasteiger partial charge on any atom is -0.310 e. The van der Waals surface area contributed by atoms with Crippen molar-refractivity contribution in [2.45, 2.75) is 52.0 Å². The maximum Gasteiger partial charge on any atom is 0.0669 e. The van der Waals surface area contributed by atoms with Gasteiger partial charge in [0.25, 0.3) is 0 Å². The standard InChI is InChI=1S/C14H25N3/c1-4-13-12(10-17(3)16-13)14(15-5-2)9-8-11-6-7-11/h10-11,14-15H,4-9H2,1-3H3. The second-order valence-electron chi connectivity index (χ2n) is 5.19. The summed E-state index contributed by atoms with van der Waals surface area (Å²) in [7, 11) is 2.02. The van der Waals surface area contributed by atoms with Crippen LogP contribution in [0.2, 0.25) is 0 Å². The lowest BCUT2D eigenvalue weighted by Gasteiger charge is -2.17. The Morgan fingerprint density at radius 1 is 1.47 bits per heavy atom. The SMILES string of the molecule is CCNC(CCC1CC1)c1cn(C)nc1CC. The van der Waals surface area contributed by atoms with E-state index in [-0.39, 0.29) is 0 Å². The lowest BCUT2D eigenvalue weighted by molar-refractivity contribution is 0.479. The molecule has 1 heterocycles. The van der Waals surface area contributed by atoms with Crippen LogP contribution in [0.15, 0.2) is 6.20 Å². The molecule has 1 atom stereocenters. The molecule has 3 heteroatoms. The quantitative estimate of drug-likeness (QED) is 0.787. The zero-order valence-corrected chi connectivity index (χ0v) is 11.4. The highest BCUT2D eigenvalue weighted by atomic mass is 15.3. The third kappa shape index (κ3) is 3.32. The monoisotopic (exact) mass is 235 g/mol. The highest BCUT2D eigenvalue weighted by molar-refractivity contribution is 5.21. The summed E-state index contributed by atoms with van der Waals surface area (Å²) in [5.74, 6) is 1.01. The Hall–Kier alpha value is -0.830. The van der Waals surface area contributed by atoms with Crippen LogP contribution in [0, 0.1) is 5.92 Å². The van der Waals surface area contributed by atoms with E-state index < -0.39 is 0 Å². The molecule has 1 fully saturated rings. The molecule has 0 bridgehead atoms.